The van der Waals surface area contributed by atoms with Crippen molar-refractivity contribution in [1.29, 1.82) is 0 Å². The number of unbranched alkanes of at least 4 members (excludes halogenated alkanes) is 2. The van der Waals surface area contributed by atoms with Gasteiger partial charge in [-0.2, -0.15) is 4.58 Å². The van der Waals surface area contributed by atoms with E-state index in [1.54, 1.807) is 56.4 Å². The third-order valence-corrected chi connectivity index (χ3v) is 15.1. The standard InChI is InChI=1S/C42H57N3O15S4/c1-41(21-13-28-62(50,51)52)34-30-32(63(53,54)55)18-20-37(34)45(25-27-60-4)38(41)14-9-6-5-7-10-15-39-42(2,22-29-61(48,49)43-23-26-59-3)35-31-33(64(56,57)58)17-19-36(35)44(39)24-12-8-11-16-40(46)47/h5-7,9-10,14-15,17-20,30-31,43H,8,11-13,16,21-29H2,1-4H3,(H3-,46,47,50,51,52,53,54,55,56,57,58)/p-2. The Morgan fingerprint density at radius 3 is 2.02 bits per heavy atom. The molecule has 2 aromatic rings. The highest BCUT2D eigenvalue weighted by atomic mass is 32.2. The second-order valence-electron chi connectivity index (χ2n) is 15.8. The predicted octanol–water partition coefficient (Wildman–Crippen LogP) is 3.75. The molecule has 0 spiro atoms. The fraction of sp³-hybridized carbons (Fsp3) is 0.476. The van der Waals surface area contributed by atoms with Crippen LogP contribution in [0.1, 0.15) is 69.9 Å². The number of carboxylic acids is 1. The zero-order valence-electron chi connectivity index (χ0n) is 36.1. The van der Waals surface area contributed by atoms with Crippen molar-refractivity contribution in [3.8, 4) is 0 Å². The van der Waals surface area contributed by atoms with Crippen molar-refractivity contribution < 1.29 is 71.3 Å². The lowest BCUT2D eigenvalue weighted by Gasteiger charge is -2.30. The van der Waals surface area contributed by atoms with E-state index >= 15 is 0 Å². The topological polar surface area (TPSA) is 280 Å². The van der Waals surface area contributed by atoms with Crippen LogP contribution in [0.2, 0.25) is 0 Å². The SMILES string of the molecule is COCCNS(=O)(=O)CCC1(C)C(=CC=CC=CC=CC2=[N+](CCOC)c3ccc(S(=O)(=O)[O-])cc3C2(C)CCCS(=O)(=O)[O-])N(CCCCCC(=O)O)c2ccc(S(=O)(=O)[O-])cc21. The van der Waals surface area contributed by atoms with E-state index in [0.717, 1.165) is 0 Å². The largest absolute Gasteiger partial charge is 0.748 e. The molecule has 2 unspecified atom stereocenters. The average Bonchev–Trinajstić information content (AvgIpc) is 3.57. The molecule has 2 atom stereocenters. The Balaban J connectivity index is 1.74. The van der Waals surface area contributed by atoms with Gasteiger partial charge in [0.2, 0.25) is 15.7 Å². The zero-order chi connectivity index (χ0) is 47.6. The van der Waals surface area contributed by atoms with Crippen LogP contribution in [0.3, 0.4) is 0 Å². The highest BCUT2D eigenvalue weighted by molar-refractivity contribution is 7.89. The number of nitrogens with one attached hydrogen (secondary N) is 1. The summed E-state index contributed by atoms with van der Waals surface area (Å²) in [7, 11) is -15.2. The quantitative estimate of drug-likeness (QED) is 0.0588. The van der Waals surface area contributed by atoms with Crippen molar-refractivity contribution in [2.45, 2.75) is 79.4 Å². The normalized spacial score (nSPS) is 20.1. The Labute approximate surface area is 376 Å². The lowest BCUT2D eigenvalue weighted by molar-refractivity contribution is -0.441. The number of ether oxygens (including phenoxy) is 2. The Morgan fingerprint density at radius 2 is 1.39 bits per heavy atom. The maximum Gasteiger partial charge on any atom is 0.303 e. The Bertz CT molecular complexity index is 2640. The van der Waals surface area contributed by atoms with Crippen LogP contribution in [0.5, 0.6) is 0 Å². The van der Waals surface area contributed by atoms with E-state index in [0.29, 0.717) is 66.3 Å². The van der Waals surface area contributed by atoms with Gasteiger partial charge in [-0.1, -0.05) is 36.8 Å². The summed E-state index contributed by atoms with van der Waals surface area (Å²) in [6, 6.07) is 7.98. The van der Waals surface area contributed by atoms with Crippen LogP contribution < -0.4 is 9.62 Å². The van der Waals surface area contributed by atoms with Gasteiger partial charge in [0.05, 0.1) is 37.7 Å². The summed E-state index contributed by atoms with van der Waals surface area (Å²) in [6.07, 6.45) is 13.6. The van der Waals surface area contributed by atoms with Crippen molar-refractivity contribution >= 4 is 63.4 Å². The first-order valence-corrected chi connectivity index (χ1v) is 26.4. The van der Waals surface area contributed by atoms with E-state index in [1.807, 2.05) is 9.48 Å². The van der Waals surface area contributed by atoms with Gasteiger partial charge in [-0.3, -0.25) is 4.79 Å². The van der Waals surface area contributed by atoms with Gasteiger partial charge in [-0.05, 0) is 87.9 Å². The lowest BCUT2D eigenvalue weighted by atomic mass is 9.76. The van der Waals surface area contributed by atoms with Crippen LogP contribution in [0.4, 0.5) is 11.4 Å². The Kier molecular flexibility index (Phi) is 18.0. The average molecular weight is 970 g/mol. The number of anilines is 1. The van der Waals surface area contributed by atoms with Crippen molar-refractivity contribution in [3.63, 3.8) is 0 Å². The van der Waals surface area contributed by atoms with E-state index in [-0.39, 0.29) is 51.2 Å². The molecule has 354 valence electrons. The summed E-state index contributed by atoms with van der Waals surface area (Å²) in [6.45, 7) is 4.65. The lowest BCUT2D eigenvalue weighted by Crippen LogP contribution is -2.35. The van der Waals surface area contributed by atoms with Gasteiger partial charge in [0.15, 0.2) is 12.3 Å². The van der Waals surface area contributed by atoms with E-state index in [4.69, 9.17) is 14.6 Å². The number of methoxy groups -OCH3 is 2. The van der Waals surface area contributed by atoms with Gasteiger partial charge in [0.25, 0.3) is 0 Å². The summed E-state index contributed by atoms with van der Waals surface area (Å²) in [5, 5.41) is 9.13. The molecule has 0 fully saturated rings. The molecule has 0 aliphatic carbocycles. The molecule has 2 N–H and O–H groups in total. The monoisotopic (exact) mass is 969 g/mol. The summed E-state index contributed by atoms with van der Waals surface area (Å²) in [4.78, 5) is 12.1. The summed E-state index contributed by atoms with van der Waals surface area (Å²) in [5.74, 6) is -1.94. The van der Waals surface area contributed by atoms with Crippen LogP contribution in [0.15, 0.2) is 94.4 Å². The number of rotatable bonds is 26. The summed E-state index contributed by atoms with van der Waals surface area (Å²) >= 11 is 0. The molecule has 0 saturated carbocycles. The fourth-order valence-corrected chi connectivity index (χ4v) is 10.8. The van der Waals surface area contributed by atoms with Crippen molar-refractivity contribution in [3.05, 3.63) is 95.8 Å². The number of sulfonamides is 1. The number of hydrogen-bond acceptors (Lipinski definition) is 15. The number of fused-ring (bicyclic) bond motifs is 2. The van der Waals surface area contributed by atoms with Crippen LogP contribution in [-0.2, 0) is 65.5 Å². The number of nitrogens with zero attached hydrogens (tertiary/aromatic N) is 2. The van der Waals surface area contributed by atoms with E-state index in [9.17, 15) is 52.1 Å². The summed E-state index contributed by atoms with van der Waals surface area (Å²) < 4.78 is 148. The molecule has 0 aromatic heterocycles. The highest BCUT2D eigenvalue weighted by Gasteiger charge is 2.48. The molecule has 0 bridgehead atoms. The van der Waals surface area contributed by atoms with Crippen LogP contribution in [0, 0.1) is 0 Å². The molecule has 64 heavy (non-hydrogen) atoms. The molecule has 2 aliphatic heterocycles. The number of aliphatic carboxylic acids is 1. The minimum atomic E-state index is -4.89. The number of benzene rings is 2. The second kappa shape index (κ2) is 21.9. The molecule has 2 aliphatic rings. The zero-order valence-corrected chi connectivity index (χ0v) is 39.4. The number of carboxylic acid groups (broad SMARTS) is 1. The van der Waals surface area contributed by atoms with Gasteiger partial charge in [0.1, 0.15) is 26.8 Å². The molecular formula is C42H55N3O15S4-2. The molecule has 0 saturated heterocycles. The molecule has 2 heterocycles. The smallest absolute Gasteiger partial charge is 0.303 e. The molecule has 18 nitrogen and oxygen atoms in total. The maximum atomic E-state index is 13.1. The van der Waals surface area contributed by atoms with Crippen molar-refractivity contribution in [2.24, 2.45) is 0 Å². The molecule has 0 amide bonds. The number of carbonyl (C=O) groups is 1. The van der Waals surface area contributed by atoms with Gasteiger partial charge in [-0.15, -0.1) is 0 Å². The predicted molar refractivity (Wildman–Crippen MR) is 236 cm³/mol. The second-order valence-corrected chi connectivity index (χ2v) is 22.0. The maximum absolute atomic E-state index is 13.1. The first-order chi connectivity index (χ1) is 29.9. The van der Waals surface area contributed by atoms with Gasteiger partial charge in [0, 0.05) is 74.0 Å². The Morgan fingerprint density at radius 1 is 0.766 bits per heavy atom. The van der Waals surface area contributed by atoms with Crippen LogP contribution in [-0.4, -0.2) is 127 Å². The van der Waals surface area contributed by atoms with Gasteiger partial charge >= 0.3 is 5.97 Å². The molecular weight excluding hydrogens is 915 g/mol. The van der Waals surface area contributed by atoms with E-state index in [2.05, 4.69) is 4.72 Å². The number of hydrogen-bond donors (Lipinski definition) is 2. The Hall–Kier alpha value is -4.10. The third-order valence-electron chi connectivity index (χ3n) is 11.3. The van der Waals surface area contributed by atoms with E-state index < -0.39 is 72.7 Å². The van der Waals surface area contributed by atoms with E-state index in [1.165, 1.54) is 50.6 Å². The number of allylic oxidation sites excluding steroid dienone is 8. The van der Waals surface area contributed by atoms with Gasteiger partial charge in [-0.25, -0.2) is 38.4 Å². The van der Waals surface area contributed by atoms with Crippen LogP contribution >= 0.6 is 0 Å². The first kappa shape index (κ1) is 52.5. The van der Waals surface area contributed by atoms with Crippen molar-refractivity contribution in [1.82, 2.24) is 4.72 Å². The molecule has 2 aromatic carbocycles. The highest BCUT2D eigenvalue weighted by Crippen LogP contribution is 2.51. The molecule has 0 radical (unpaired) electrons. The minimum Gasteiger partial charge on any atom is -0.748 e. The van der Waals surface area contributed by atoms with Crippen molar-refractivity contribution in [2.75, 3.05) is 63.5 Å². The third kappa shape index (κ3) is 13.7. The van der Waals surface area contributed by atoms with Crippen LogP contribution in [0.25, 0.3) is 0 Å². The molecule has 22 heteroatoms. The summed E-state index contributed by atoms with van der Waals surface area (Å²) in [5.41, 5.74) is 1.13. The first-order valence-electron chi connectivity index (χ1n) is 20.3. The molecule has 4 rings (SSSR count). The van der Waals surface area contributed by atoms with Gasteiger partial charge < -0.3 is 33.1 Å². The minimum absolute atomic E-state index is 0.0131. The fourth-order valence-electron chi connectivity index (χ4n) is 8.09.